The largest absolute Gasteiger partial charge is 0.421 e. The van der Waals surface area contributed by atoms with E-state index in [1.54, 1.807) is 36.4 Å². The lowest BCUT2D eigenvalue weighted by Crippen LogP contribution is -2.21. The number of hydrogen-bond acceptors (Lipinski definition) is 3. The van der Waals surface area contributed by atoms with E-state index in [4.69, 9.17) is 39.4 Å². The highest BCUT2D eigenvalue weighted by Crippen LogP contribution is 2.28. The van der Waals surface area contributed by atoms with Crippen molar-refractivity contribution in [1.82, 2.24) is 0 Å². The molecule has 0 aliphatic carbocycles. The maximum atomic E-state index is 12.0. The lowest BCUT2D eigenvalue weighted by atomic mass is 10.2. The third kappa shape index (κ3) is 4.11. The van der Waals surface area contributed by atoms with Gasteiger partial charge in [-0.15, -0.1) is 0 Å². The normalized spacial score (nSPS) is 10.0. The molecule has 0 fully saturated rings. The molecule has 2 aromatic rings. The number of rotatable bonds is 3. The number of carbonyl (C=O) groups excluding carboxylic acids is 1. The van der Waals surface area contributed by atoms with E-state index in [0.29, 0.717) is 21.3 Å². The van der Waals surface area contributed by atoms with E-state index in [0.717, 1.165) is 0 Å². The maximum absolute atomic E-state index is 12.0. The van der Waals surface area contributed by atoms with Gasteiger partial charge in [0.1, 0.15) is 0 Å². The summed E-state index contributed by atoms with van der Waals surface area (Å²) in [6, 6.07) is 10.9. The van der Waals surface area contributed by atoms with E-state index in [-0.39, 0.29) is 11.7 Å². The highest BCUT2D eigenvalue weighted by atomic mass is 35.5. The highest BCUT2D eigenvalue weighted by molar-refractivity contribution is 6.34. The van der Waals surface area contributed by atoms with E-state index in [1.165, 1.54) is 6.07 Å². The zero-order valence-electron chi connectivity index (χ0n) is 10.7. The number of carbonyl (C=O) groups is 1. The number of nitrogens with two attached hydrogens (primary N) is 2. The summed E-state index contributed by atoms with van der Waals surface area (Å²) >= 11 is 11.8. The summed E-state index contributed by atoms with van der Waals surface area (Å²) in [6.07, 6.45) is 0. The van der Waals surface area contributed by atoms with E-state index >= 15 is 0 Å². The number of hydrogen-bond donors (Lipinski definition) is 2. The van der Waals surface area contributed by atoms with Crippen LogP contribution in [0.5, 0.6) is 5.75 Å². The Morgan fingerprint density at radius 1 is 1.05 bits per heavy atom. The monoisotopic (exact) mass is 323 g/mol. The lowest BCUT2D eigenvalue weighted by molar-refractivity contribution is 0.0735. The van der Waals surface area contributed by atoms with Gasteiger partial charge in [-0.05, 0) is 36.4 Å². The molecule has 5 nitrogen and oxygen atoms in total. The van der Waals surface area contributed by atoms with Crippen LogP contribution in [-0.2, 0) is 0 Å². The first-order valence-electron chi connectivity index (χ1n) is 5.82. The first-order valence-corrected chi connectivity index (χ1v) is 6.58. The summed E-state index contributed by atoms with van der Waals surface area (Å²) in [7, 11) is 0. The van der Waals surface area contributed by atoms with Gasteiger partial charge in [-0.3, -0.25) is 0 Å². The fourth-order valence-electron chi connectivity index (χ4n) is 1.54. The second-order valence-electron chi connectivity index (χ2n) is 4.05. The van der Waals surface area contributed by atoms with Crippen molar-refractivity contribution in [3.05, 3.63) is 58.1 Å². The average molecular weight is 324 g/mol. The third-order valence-electron chi connectivity index (χ3n) is 2.46. The van der Waals surface area contributed by atoms with E-state index in [1.807, 2.05) is 0 Å². The fourth-order valence-corrected chi connectivity index (χ4v) is 1.85. The summed E-state index contributed by atoms with van der Waals surface area (Å²) in [5, 5.41) is 0.718. The Morgan fingerprint density at radius 3 is 2.33 bits per heavy atom. The van der Waals surface area contributed by atoms with Crippen molar-refractivity contribution < 1.29 is 9.53 Å². The summed E-state index contributed by atoms with van der Waals surface area (Å²) < 4.78 is 5.19. The van der Waals surface area contributed by atoms with Crippen LogP contribution in [0.3, 0.4) is 0 Å². The second-order valence-corrected chi connectivity index (χ2v) is 4.89. The van der Waals surface area contributed by atoms with Gasteiger partial charge in [0.2, 0.25) is 0 Å². The molecule has 0 saturated heterocycles. The number of esters is 1. The van der Waals surface area contributed by atoms with Crippen LogP contribution < -0.4 is 16.2 Å². The molecule has 21 heavy (non-hydrogen) atoms. The molecule has 0 aliphatic rings. The minimum Gasteiger partial charge on any atom is -0.421 e. The van der Waals surface area contributed by atoms with Gasteiger partial charge in [-0.25, -0.2) is 9.79 Å². The number of benzene rings is 2. The number of guanidine groups is 1. The molecule has 0 spiro atoms. The van der Waals surface area contributed by atoms with Gasteiger partial charge in [0, 0.05) is 11.1 Å². The maximum Gasteiger partial charge on any atom is 0.343 e. The quantitative estimate of drug-likeness (QED) is 0.393. The van der Waals surface area contributed by atoms with Crippen LogP contribution in [-0.4, -0.2) is 11.9 Å². The highest BCUT2D eigenvalue weighted by Gasteiger charge is 2.11. The van der Waals surface area contributed by atoms with Crippen molar-refractivity contribution in [2.75, 3.05) is 0 Å². The summed E-state index contributed by atoms with van der Waals surface area (Å²) in [4.78, 5) is 15.9. The molecule has 0 radical (unpaired) electrons. The van der Waals surface area contributed by atoms with Crippen molar-refractivity contribution in [2.45, 2.75) is 0 Å². The van der Waals surface area contributed by atoms with Crippen LogP contribution in [0.1, 0.15) is 10.4 Å². The van der Waals surface area contributed by atoms with E-state index in [9.17, 15) is 4.79 Å². The molecule has 0 saturated carbocycles. The van der Waals surface area contributed by atoms with Gasteiger partial charge in [0.05, 0.1) is 16.3 Å². The molecule has 0 heterocycles. The molecule has 0 unspecified atom stereocenters. The third-order valence-corrected chi connectivity index (χ3v) is 3.00. The van der Waals surface area contributed by atoms with Crippen LogP contribution >= 0.6 is 23.2 Å². The Bertz CT molecular complexity index is 696. The molecule has 0 amide bonds. The SMILES string of the molecule is NC(N)=Nc1ccc(C(=O)Oc2cc(Cl)ccc2Cl)cc1. The number of aliphatic imine (C=N–C) groups is 1. The number of ether oxygens (including phenoxy) is 1. The lowest BCUT2D eigenvalue weighted by Gasteiger charge is -2.06. The Balaban J connectivity index is 2.17. The predicted octanol–water partition coefficient (Wildman–Crippen LogP) is 3.12. The molecule has 0 atom stereocenters. The van der Waals surface area contributed by atoms with Crippen molar-refractivity contribution in [1.29, 1.82) is 0 Å². The molecule has 108 valence electrons. The molecule has 0 aromatic heterocycles. The Labute approximate surface area is 131 Å². The summed E-state index contributed by atoms with van der Waals surface area (Å²) in [6.45, 7) is 0. The second kappa shape index (κ2) is 6.47. The standard InChI is InChI=1S/C14H11Cl2N3O2/c15-9-3-6-11(16)12(7-9)21-13(20)8-1-4-10(5-2-8)19-14(17)18/h1-7H,(H4,17,18,19). The molecule has 0 bridgehead atoms. The van der Waals surface area contributed by atoms with Crippen molar-refractivity contribution >= 4 is 40.8 Å². The smallest absolute Gasteiger partial charge is 0.343 e. The molecular formula is C14H11Cl2N3O2. The van der Waals surface area contributed by atoms with Gasteiger partial charge < -0.3 is 16.2 Å². The van der Waals surface area contributed by atoms with Gasteiger partial charge in [-0.2, -0.15) is 0 Å². The topological polar surface area (TPSA) is 90.7 Å². The van der Waals surface area contributed by atoms with Gasteiger partial charge in [0.25, 0.3) is 0 Å². The van der Waals surface area contributed by atoms with Crippen LogP contribution in [0.4, 0.5) is 5.69 Å². The minimum absolute atomic E-state index is 0.0592. The first kappa shape index (κ1) is 15.2. The predicted molar refractivity (Wildman–Crippen MR) is 83.3 cm³/mol. The molecular weight excluding hydrogens is 313 g/mol. The molecule has 7 heteroatoms. The Hall–Kier alpha value is -2.24. The van der Waals surface area contributed by atoms with Crippen LogP contribution in [0.15, 0.2) is 47.5 Å². The molecule has 2 rings (SSSR count). The zero-order chi connectivity index (χ0) is 15.4. The molecule has 2 aromatic carbocycles. The van der Waals surface area contributed by atoms with Crippen LogP contribution in [0, 0.1) is 0 Å². The Morgan fingerprint density at radius 2 is 1.71 bits per heavy atom. The minimum atomic E-state index is -0.560. The fraction of sp³-hybridized carbons (Fsp3) is 0. The Kier molecular flexibility index (Phi) is 4.67. The van der Waals surface area contributed by atoms with Crippen molar-refractivity contribution in [3.63, 3.8) is 0 Å². The van der Waals surface area contributed by atoms with Crippen molar-refractivity contribution in [3.8, 4) is 5.75 Å². The van der Waals surface area contributed by atoms with Crippen LogP contribution in [0.25, 0.3) is 0 Å². The van der Waals surface area contributed by atoms with Crippen molar-refractivity contribution in [2.24, 2.45) is 16.5 Å². The average Bonchev–Trinajstić information content (AvgIpc) is 2.43. The number of halogens is 2. The molecule has 0 aliphatic heterocycles. The van der Waals surface area contributed by atoms with Gasteiger partial charge in [-0.1, -0.05) is 23.2 Å². The molecule has 4 N–H and O–H groups in total. The number of nitrogens with zero attached hydrogens (tertiary/aromatic N) is 1. The first-order chi connectivity index (χ1) is 9.95. The van der Waals surface area contributed by atoms with E-state index in [2.05, 4.69) is 4.99 Å². The zero-order valence-corrected chi connectivity index (χ0v) is 12.2. The summed E-state index contributed by atoms with van der Waals surface area (Å²) in [5.74, 6) is -0.422. The van der Waals surface area contributed by atoms with Crippen LogP contribution in [0.2, 0.25) is 10.0 Å². The summed E-state index contributed by atoms with van der Waals surface area (Å²) in [5.41, 5.74) is 11.4. The van der Waals surface area contributed by atoms with Gasteiger partial charge in [0.15, 0.2) is 11.7 Å². The van der Waals surface area contributed by atoms with E-state index < -0.39 is 5.97 Å². The van der Waals surface area contributed by atoms with Gasteiger partial charge >= 0.3 is 5.97 Å².